The topological polar surface area (TPSA) is 32.3 Å². The summed E-state index contributed by atoms with van der Waals surface area (Å²) < 4.78 is 0. The molecule has 0 fully saturated rings. The van der Waals surface area contributed by atoms with Crippen molar-refractivity contribution < 1.29 is 4.79 Å². The number of benzene rings is 3. The predicted octanol–water partition coefficient (Wildman–Crippen LogP) is 4.54. The largest absolute Gasteiger partial charge is 0.352 e. The molecule has 0 aromatic heterocycles. The van der Waals surface area contributed by atoms with Crippen molar-refractivity contribution in [2.45, 2.75) is 33.4 Å². The predicted molar refractivity (Wildman–Crippen MR) is 113 cm³/mol. The first-order valence-corrected chi connectivity index (χ1v) is 9.73. The molecule has 140 valence electrons. The van der Waals surface area contributed by atoms with Crippen LogP contribution in [0.4, 0.5) is 0 Å². The van der Waals surface area contributed by atoms with Gasteiger partial charge in [0.05, 0.1) is 6.42 Å². The lowest BCUT2D eigenvalue weighted by molar-refractivity contribution is -0.120. The SMILES string of the molecule is CCN(CC)Cc1ccccc1CNC(=O)Cc1ccc2ccccc2c1. The van der Waals surface area contributed by atoms with E-state index in [1.54, 1.807) is 0 Å². The molecule has 0 aliphatic heterocycles. The average molecular weight is 361 g/mol. The molecule has 0 saturated carbocycles. The van der Waals surface area contributed by atoms with Crippen LogP contribution in [-0.4, -0.2) is 23.9 Å². The summed E-state index contributed by atoms with van der Waals surface area (Å²) in [5.74, 6) is 0.0583. The number of rotatable bonds is 8. The second-order valence-electron chi connectivity index (χ2n) is 6.87. The zero-order chi connectivity index (χ0) is 19.1. The van der Waals surface area contributed by atoms with Crippen molar-refractivity contribution in [1.82, 2.24) is 10.2 Å². The van der Waals surface area contributed by atoms with Gasteiger partial charge in [-0.2, -0.15) is 0 Å². The zero-order valence-electron chi connectivity index (χ0n) is 16.2. The lowest BCUT2D eigenvalue weighted by Crippen LogP contribution is -2.27. The van der Waals surface area contributed by atoms with E-state index in [4.69, 9.17) is 0 Å². The molecule has 1 amide bonds. The van der Waals surface area contributed by atoms with Gasteiger partial charge in [-0.05, 0) is 40.6 Å². The highest BCUT2D eigenvalue weighted by Crippen LogP contribution is 2.16. The van der Waals surface area contributed by atoms with Gasteiger partial charge in [-0.15, -0.1) is 0 Å². The molecular weight excluding hydrogens is 332 g/mol. The Bertz CT molecular complexity index is 900. The van der Waals surface area contributed by atoms with E-state index >= 15 is 0 Å². The normalized spacial score (nSPS) is 11.1. The molecule has 3 aromatic carbocycles. The highest BCUT2D eigenvalue weighted by Gasteiger charge is 2.08. The average Bonchev–Trinajstić information content (AvgIpc) is 2.71. The van der Waals surface area contributed by atoms with Crippen molar-refractivity contribution in [1.29, 1.82) is 0 Å². The Hall–Kier alpha value is -2.65. The third-order valence-electron chi connectivity index (χ3n) is 5.06. The molecule has 0 spiro atoms. The highest BCUT2D eigenvalue weighted by atomic mass is 16.1. The monoisotopic (exact) mass is 360 g/mol. The van der Waals surface area contributed by atoms with Gasteiger partial charge in [-0.3, -0.25) is 9.69 Å². The molecule has 0 heterocycles. The van der Waals surface area contributed by atoms with Gasteiger partial charge in [-0.25, -0.2) is 0 Å². The van der Waals surface area contributed by atoms with Crippen molar-refractivity contribution in [2.24, 2.45) is 0 Å². The summed E-state index contributed by atoms with van der Waals surface area (Å²) in [4.78, 5) is 14.8. The molecule has 0 aliphatic rings. The molecule has 3 aromatic rings. The van der Waals surface area contributed by atoms with Gasteiger partial charge >= 0.3 is 0 Å². The van der Waals surface area contributed by atoms with Crippen LogP contribution in [0.2, 0.25) is 0 Å². The smallest absolute Gasteiger partial charge is 0.224 e. The molecule has 3 nitrogen and oxygen atoms in total. The summed E-state index contributed by atoms with van der Waals surface area (Å²) in [6, 6.07) is 22.8. The Kier molecular flexibility index (Phi) is 6.61. The number of nitrogens with one attached hydrogen (secondary N) is 1. The van der Waals surface area contributed by atoms with E-state index in [-0.39, 0.29) is 5.91 Å². The van der Waals surface area contributed by atoms with E-state index in [0.717, 1.165) is 25.2 Å². The summed E-state index contributed by atoms with van der Waals surface area (Å²) in [6.07, 6.45) is 0.406. The molecule has 0 bridgehead atoms. The van der Waals surface area contributed by atoms with Crippen molar-refractivity contribution in [3.63, 3.8) is 0 Å². The Morgan fingerprint density at radius 2 is 1.52 bits per heavy atom. The summed E-state index contributed by atoms with van der Waals surface area (Å²) in [5.41, 5.74) is 3.52. The standard InChI is InChI=1S/C24H28N2O/c1-3-26(4-2)18-23-12-8-7-11-22(23)17-25-24(27)16-19-13-14-20-9-5-6-10-21(20)15-19/h5-15H,3-4,16-18H2,1-2H3,(H,25,27). The van der Waals surface area contributed by atoms with Crippen LogP contribution in [0.15, 0.2) is 66.7 Å². The van der Waals surface area contributed by atoms with E-state index < -0.39 is 0 Å². The van der Waals surface area contributed by atoms with Crippen molar-refractivity contribution in [3.8, 4) is 0 Å². The first-order chi connectivity index (χ1) is 13.2. The van der Waals surface area contributed by atoms with Crippen LogP contribution >= 0.6 is 0 Å². The van der Waals surface area contributed by atoms with Crippen LogP contribution in [0.1, 0.15) is 30.5 Å². The fourth-order valence-electron chi connectivity index (χ4n) is 3.36. The number of amides is 1. The summed E-state index contributed by atoms with van der Waals surface area (Å²) >= 11 is 0. The number of fused-ring (bicyclic) bond motifs is 1. The molecule has 27 heavy (non-hydrogen) atoms. The first kappa shape index (κ1) is 19.1. The van der Waals surface area contributed by atoms with Crippen LogP contribution < -0.4 is 5.32 Å². The number of nitrogens with zero attached hydrogens (tertiary/aromatic N) is 1. The van der Waals surface area contributed by atoms with Crippen LogP contribution in [0, 0.1) is 0 Å². The second-order valence-corrected chi connectivity index (χ2v) is 6.87. The minimum absolute atomic E-state index is 0.0583. The molecule has 0 atom stereocenters. The first-order valence-electron chi connectivity index (χ1n) is 9.73. The number of carbonyl (C=O) groups excluding carboxylic acids is 1. The fourth-order valence-corrected chi connectivity index (χ4v) is 3.36. The fraction of sp³-hybridized carbons (Fsp3) is 0.292. The van der Waals surface area contributed by atoms with Gasteiger partial charge in [-0.1, -0.05) is 80.6 Å². The van der Waals surface area contributed by atoms with Gasteiger partial charge in [0.2, 0.25) is 5.91 Å². The van der Waals surface area contributed by atoms with Crippen molar-refractivity contribution in [2.75, 3.05) is 13.1 Å². The molecule has 3 rings (SSSR count). The minimum atomic E-state index is 0.0583. The molecule has 0 radical (unpaired) electrons. The molecule has 1 N–H and O–H groups in total. The highest BCUT2D eigenvalue weighted by molar-refractivity contribution is 5.85. The summed E-state index contributed by atoms with van der Waals surface area (Å²) in [6.45, 7) is 7.90. The van der Waals surface area contributed by atoms with E-state index in [1.807, 2.05) is 24.3 Å². The summed E-state index contributed by atoms with van der Waals surface area (Å²) in [5, 5.41) is 5.46. The van der Waals surface area contributed by atoms with Crippen molar-refractivity contribution in [3.05, 3.63) is 83.4 Å². The molecule has 0 unspecified atom stereocenters. The molecular formula is C24H28N2O. The minimum Gasteiger partial charge on any atom is -0.352 e. The summed E-state index contributed by atoms with van der Waals surface area (Å²) in [7, 11) is 0. The van der Waals surface area contributed by atoms with Crippen molar-refractivity contribution >= 4 is 16.7 Å². The Balaban J connectivity index is 1.61. The third kappa shape index (κ3) is 5.18. The quantitative estimate of drug-likeness (QED) is 0.640. The van der Waals surface area contributed by atoms with Crippen LogP contribution in [0.5, 0.6) is 0 Å². The maximum atomic E-state index is 12.4. The Labute approximate surface area is 162 Å². The van der Waals surface area contributed by atoms with E-state index in [1.165, 1.54) is 21.9 Å². The number of hydrogen-bond acceptors (Lipinski definition) is 2. The van der Waals surface area contributed by atoms with Gasteiger partial charge < -0.3 is 5.32 Å². The molecule has 0 aliphatic carbocycles. The van der Waals surface area contributed by atoms with Crippen LogP contribution in [-0.2, 0) is 24.3 Å². The van der Waals surface area contributed by atoms with Gasteiger partial charge in [0.25, 0.3) is 0 Å². The van der Waals surface area contributed by atoms with E-state index in [0.29, 0.717) is 13.0 Å². The van der Waals surface area contributed by atoms with Crippen LogP contribution in [0.3, 0.4) is 0 Å². The maximum absolute atomic E-state index is 12.4. The van der Waals surface area contributed by atoms with Crippen LogP contribution in [0.25, 0.3) is 10.8 Å². The lowest BCUT2D eigenvalue weighted by Gasteiger charge is -2.20. The second kappa shape index (κ2) is 9.33. The molecule has 3 heteroatoms. The lowest BCUT2D eigenvalue weighted by atomic mass is 10.0. The van der Waals surface area contributed by atoms with Gasteiger partial charge in [0.15, 0.2) is 0 Å². The van der Waals surface area contributed by atoms with E-state index in [9.17, 15) is 4.79 Å². The molecule has 0 saturated heterocycles. The Morgan fingerprint density at radius 1 is 0.852 bits per heavy atom. The number of hydrogen-bond donors (Lipinski definition) is 1. The third-order valence-corrected chi connectivity index (χ3v) is 5.06. The van der Waals surface area contributed by atoms with Gasteiger partial charge in [0.1, 0.15) is 0 Å². The zero-order valence-corrected chi connectivity index (χ0v) is 16.2. The van der Waals surface area contributed by atoms with Gasteiger partial charge in [0, 0.05) is 13.1 Å². The number of carbonyl (C=O) groups is 1. The van der Waals surface area contributed by atoms with E-state index in [2.05, 4.69) is 66.5 Å². The maximum Gasteiger partial charge on any atom is 0.224 e. The Morgan fingerprint density at radius 3 is 2.26 bits per heavy atom.